The minimum Gasteiger partial charge on any atom is -0.346 e. The van der Waals surface area contributed by atoms with Crippen molar-refractivity contribution >= 4 is 5.91 Å². The average molecular weight is 347 g/mol. The number of carbonyl (C=O) groups excluding carboxylic acids is 1. The molecular weight excluding hydrogens is 326 g/mol. The van der Waals surface area contributed by atoms with E-state index in [9.17, 15) is 15.3 Å². The molecule has 6 heteroatoms. The summed E-state index contributed by atoms with van der Waals surface area (Å²) in [6.07, 6.45) is 6.95. The minimum atomic E-state index is -0.690. The first-order valence-electron chi connectivity index (χ1n) is 8.88. The molecule has 1 fully saturated rings. The number of hydrogen-bond acceptors (Lipinski definition) is 4. The first-order chi connectivity index (χ1) is 12.7. The van der Waals surface area contributed by atoms with Crippen molar-refractivity contribution in [3.05, 3.63) is 54.1 Å². The highest BCUT2D eigenvalue weighted by molar-refractivity contribution is 5.91. The molecule has 1 aromatic heterocycles. The van der Waals surface area contributed by atoms with Crippen LogP contribution in [0.15, 0.2) is 42.7 Å². The van der Waals surface area contributed by atoms with Crippen LogP contribution in [0.25, 0.3) is 0 Å². The van der Waals surface area contributed by atoms with Crippen LogP contribution in [-0.4, -0.2) is 21.5 Å². The highest BCUT2D eigenvalue weighted by atomic mass is 16.2. The van der Waals surface area contributed by atoms with Gasteiger partial charge >= 0.3 is 0 Å². The Hall–Kier alpha value is -3.12. The van der Waals surface area contributed by atoms with Crippen molar-refractivity contribution < 1.29 is 4.79 Å². The van der Waals surface area contributed by atoms with E-state index in [1.807, 2.05) is 34.9 Å². The molecule has 1 aliphatic rings. The van der Waals surface area contributed by atoms with Gasteiger partial charge in [-0.2, -0.15) is 10.5 Å². The second kappa shape index (κ2) is 8.31. The van der Waals surface area contributed by atoms with Crippen LogP contribution >= 0.6 is 0 Å². The smallest absolute Gasteiger partial charge is 0.287 e. The van der Waals surface area contributed by atoms with Crippen LogP contribution in [0.4, 0.5) is 0 Å². The predicted octanol–water partition coefficient (Wildman–Crippen LogP) is 2.88. The Bertz CT molecular complexity index is 816. The maximum absolute atomic E-state index is 12.8. The van der Waals surface area contributed by atoms with E-state index < -0.39 is 5.92 Å². The minimum absolute atomic E-state index is 0.125. The molecule has 1 aromatic carbocycles. The lowest BCUT2D eigenvalue weighted by molar-refractivity contribution is 0.0885. The summed E-state index contributed by atoms with van der Waals surface area (Å²) in [6.45, 7) is 0.566. The van der Waals surface area contributed by atoms with Crippen LogP contribution in [0.2, 0.25) is 0 Å². The zero-order valence-corrected chi connectivity index (χ0v) is 14.5. The molecule has 0 radical (unpaired) electrons. The number of amides is 1. The lowest BCUT2D eigenvalue weighted by Gasteiger charge is -2.32. The Labute approximate surface area is 153 Å². The van der Waals surface area contributed by atoms with Crippen LogP contribution < -0.4 is 5.32 Å². The molecule has 2 atom stereocenters. The number of hydrogen-bond donors (Lipinski definition) is 1. The number of imidazole rings is 1. The quantitative estimate of drug-likeness (QED) is 0.899. The van der Waals surface area contributed by atoms with E-state index in [1.165, 1.54) is 0 Å². The van der Waals surface area contributed by atoms with Gasteiger partial charge in [0, 0.05) is 30.9 Å². The second-order valence-corrected chi connectivity index (χ2v) is 6.63. The van der Waals surface area contributed by atoms with Crippen molar-refractivity contribution in [2.24, 2.45) is 11.8 Å². The van der Waals surface area contributed by atoms with Gasteiger partial charge in [0.05, 0.1) is 12.1 Å². The molecule has 1 aliphatic carbocycles. The van der Waals surface area contributed by atoms with Crippen LogP contribution in [0.5, 0.6) is 0 Å². The molecule has 26 heavy (non-hydrogen) atoms. The van der Waals surface area contributed by atoms with Gasteiger partial charge < -0.3 is 9.88 Å². The van der Waals surface area contributed by atoms with Gasteiger partial charge in [0.2, 0.25) is 0 Å². The normalized spacial score (nSPS) is 19.5. The van der Waals surface area contributed by atoms with Crippen molar-refractivity contribution in [2.75, 3.05) is 0 Å². The topological polar surface area (TPSA) is 94.5 Å². The van der Waals surface area contributed by atoms with Gasteiger partial charge in [-0.05, 0) is 18.4 Å². The van der Waals surface area contributed by atoms with E-state index in [0.29, 0.717) is 12.4 Å². The number of rotatable bonds is 5. The van der Waals surface area contributed by atoms with Gasteiger partial charge in [-0.15, -0.1) is 0 Å². The van der Waals surface area contributed by atoms with Crippen LogP contribution in [0.1, 0.15) is 41.9 Å². The molecule has 1 N–H and O–H groups in total. The standard InChI is InChI=1S/C20H21N5O/c21-12-16(13-22)17-8-4-5-9-18(17)24-20(26)19-23-10-11-25(19)14-15-6-2-1-3-7-15/h1-3,6-7,10-11,16-18H,4-5,8-9,14H2,(H,24,26)/t17-,18?/m0/s1. The van der Waals surface area contributed by atoms with E-state index in [-0.39, 0.29) is 17.9 Å². The van der Waals surface area contributed by atoms with Crippen molar-refractivity contribution in [2.45, 2.75) is 38.3 Å². The molecule has 1 heterocycles. The summed E-state index contributed by atoms with van der Waals surface area (Å²) in [7, 11) is 0. The molecular formula is C20H21N5O. The maximum atomic E-state index is 12.8. The van der Waals surface area contributed by atoms with E-state index >= 15 is 0 Å². The molecule has 132 valence electrons. The largest absolute Gasteiger partial charge is 0.346 e. The third kappa shape index (κ3) is 3.92. The molecule has 1 amide bonds. The first-order valence-corrected chi connectivity index (χ1v) is 8.88. The molecule has 1 saturated carbocycles. The van der Waals surface area contributed by atoms with E-state index in [2.05, 4.69) is 22.4 Å². The monoisotopic (exact) mass is 347 g/mol. The van der Waals surface area contributed by atoms with Gasteiger partial charge in [-0.1, -0.05) is 43.2 Å². The summed E-state index contributed by atoms with van der Waals surface area (Å²) in [4.78, 5) is 17.0. The third-order valence-electron chi connectivity index (χ3n) is 4.96. The molecule has 3 rings (SSSR count). The predicted molar refractivity (Wildman–Crippen MR) is 95.7 cm³/mol. The fraction of sp³-hybridized carbons (Fsp3) is 0.400. The van der Waals surface area contributed by atoms with Crippen LogP contribution in [0, 0.1) is 34.5 Å². The average Bonchev–Trinajstić information content (AvgIpc) is 3.13. The van der Waals surface area contributed by atoms with E-state index in [4.69, 9.17) is 0 Å². The second-order valence-electron chi connectivity index (χ2n) is 6.63. The fourth-order valence-corrected chi connectivity index (χ4v) is 3.62. The summed E-state index contributed by atoms with van der Waals surface area (Å²) >= 11 is 0. The van der Waals surface area contributed by atoms with Gasteiger partial charge in [0.25, 0.3) is 5.91 Å². The summed E-state index contributed by atoms with van der Waals surface area (Å²) in [5, 5.41) is 21.5. The number of nitriles is 2. The van der Waals surface area contributed by atoms with Crippen molar-refractivity contribution in [3.63, 3.8) is 0 Å². The van der Waals surface area contributed by atoms with E-state index in [1.54, 1.807) is 12.4 Å². The van der Waals surface area contributed by atoms with Crippen molar-refractivity contribution in [1.29, 1.82) is 10.5 Å². The van der Waals surface area contributed by atoms with Crippen molar-refractivity contribution in [1.82, 2.24) is 14.9 Å². The van der Waals surface area contributed by atoms with Gasteiger partial charge in [-0.3, -0.25) is 4.79 Å². The number of nitrogens with zero attached hydrogens (tertiary/aromatic N) is 4. The SMILES string of the molecule is N#CC(C#N)[C@@H]1CCCCC1NC(=O)c1nccn1Cc1ccccc1. The van der Waals surface area contributed by atoms with Gasteiger partial charge in [-0.25, -0.2) is 4.98 Å². The molecule has 0 bridgehead atoms. The van der Waals surface area contributed by atoms with Crippen LogP contribution in [0.3, 0.4) is 0 Å². The highest BCUT2D eigenvalue weighted by Gasteiger charge is 2.33. The molecule has 0 saturated heterocycles. The fourth-order valence-electron chi connectivity index (χ4n) is 3.62. The summed E-state index contributed by atoms with van der Waals surface area (Å²) in [6, 6.07) is 13.9. The number of carbonyl (C=O) groups is 1. The first kappa shape index (κ1) is 17.7. The molecule has 0 aliphatic heterocycles. The Balaban J connectivity index is 1.73. The Morgan fingerprint density at radius 1 is 1.23 bits per heavy atom. The Morgan fingerprint density at radius 2 is 1.96 bits per heavy atom. The Kier molecular flexibility index (Phi) is 5.66. The van der Waals surface area contributed by atoms with Gasteiger partial charge in [0.1, 0.15) is 5.92 Å². The third-order valence-corrected chi connectivity index (χ3v) is 4.96. The lowest BCUT2D eigenvalue weighted by Crippen LogP contribution is -2.45. The van der Waals surface area contributed by atoms with Crippen LogP contribution in [-0.2, 0) is 6.54 Å². The summed E-state index contributed by atoms with van der Waals surface area (Å²) in [5.74, 6) is -0.717. The highest BCUT2D eigenvalue weighted by Crippen LogP contribution is 2.30. The van der Waals surface area contributed by atoms with E-state index in [0.717, 1.165) is 31.2 Å². The zero-order valence-electron chi connectivity index (χ0n) is 14.5. The molecule has 1 unspecified atom stereocenters. The number of aromatic nitrogens is 2. The van der Waals surface area contributed by atoms with Crippen molar-refractivity contribution in [3.8, 4) is 12.1 Å². The zero-order chi connectivity index (χ0) is 18.4. The maximum Gasteiger partial charge on any atom is 0.287 e. The summed E-state index contributed by atoms with van der Waals surface area (Å²) < 4.78 is 1.81. The molecule has 0 spiro atoms. The molecule has 6 nitrogen and oxygen atoms in total. The number of nitrogens with one attached hydrogen (secondary N) is 1. The molecule has 2 aromatic rings. The Morgan fingerprint density at radius 3 is 2.69 bits per heavy atom. The number of benzene rings is 1. The summed E-state index contributed by atoms with van der Waals surface area (Å²) in [5.41, 5.74) is 1.09. The van der Waals surface area contributed by atoms with Gasteiger partial charge in [0.15, 0.2) is 5.82 Å². The lowest BCUT2D eigenvalue weighted by atomic mass is 9.77.